The van der Waals surface area contributed by atoms with Crippen LogP contribution in [0.2, 0.25) is 0 Å². The maximum Gasteiger partial charge on any atom is 0.379 e. The van der Waals surface area contributed by atoms with Gasteiger partial charge in [-0.25, -0.2) is 10.2 Å². The van der Waals surface area contributed by atoms with Crippen molar-refractivity contribution in [2.75, 3.05) is 0 Å². The average Bonchev–Trinajstić information content (AvgIpc) is 3.18. The zero-order valence-corrected chi connectivity index (χ0v) is 15.0. The van der Waals surface area contributed by atoms with Crippen LogP contribution in [0.5, 0.6) is 5.75 Å². The molecule has 1 heterocycles. The summed E-state index contributed by atoms with van der Waals surface area (Å²) in [6, 6.07) is 16.9. The minimum absolute atomic E-state index is 0.130. The second kappa shape index (κ2) is 8.26. The molecule has 0 atom stereocenters. The molecule has 26 heavy (non-hydrogen) atoms. The Morgan fingerprint density at radius 3 is 2.50 bits per heavy atom. The lowest BCUT2D eigenvalue weighted by Crippen LogP contribution is -2.18. The Balaban J connectivity index is 1.57. The topological polar surface area (TPSA) is 80.9 Å². The Morgan fingerprint density at radius 2 is 1.81 bits per heavy atom. The molecule has 0 fully saturated rings. The van der Waals surface area contributed by atoms with E-state index in [4.69, 9.17) is 9.15 Å². The number of amides is 1. The highest BCUT2D eigenvalue weighted by molar-refractivity contribution is 9.10. The molecule has 0 saturated carbocycles. The third kappa shape index (κ3) is 4.46. The van der Waals surface area contributed by atoms with E-state index in [0.717, 1.165) is 5.56 Å². The Morgan fingerprint density at radius 1 is 1.04 bits per heavy atom. The first-order valence-corrected chi connectivity index (χ1v) is 8.36. The first-order valence-electron chi connectivity index (χ1n) is 7.57. The molecule has 7 heteroatoms. The van der Waals surface area contributed by atoms with E-state index >= 15 is 0 Å². The predicted octanol–water partition coefficient (Wildman–Crippen LogP) is 4.03. The Hall–Kier alpha value is -3.19. The van der Waals surface area contributed by atoms with Crippen molar-refractivity contribution in [3.05, 3.63) is 88.3 Å². The van der Waals surface area contributed by atoms with Crippen LogP contribution in [0.1, 0.15) is 26.5 Å². The van der Waals surface area contributed by atoms with E-state index in [1.807, 2.05) is 6.07 Å². The highest BCUT2D eigenvalue weighted by Crippen LogP contribution is 2.16. The highest BCUT2D eigenvalue weighted by atomic mass is 79.9. The van der Waals surface area contributed by atoms with Crippen LogP contribution in [0.25, 0.3) is 0 Å². The number of esters is 1. The molecule has 0 radical (unpaired) electrons. The van der Waals surface area contributed by atoms with Crippen molar-refractivity contribution in [3.8, 4) is 5.75 Å². The smallest absolute Gasteiger partial charge is 0.379 e. The van der Waals surface area contributed by atoms with E-state index in [9.17, 15) is 9.59 Å². The number of nitrogens with one attached hydrogen (secondary N) is 1. The standard InChI is InChI=1S/C19H13BrN2O4/c20-16-5-2-1-4-15(16)18(23)22-21-12-13-7-9-14(10-8-13)26-19(24)17-6-3-11-25-17/h1-12H,(H,22,23)/b21-12-. The van der Waals surface area contributed by atoms with Gasteiger partial charge in [-0.1, -0.05) is 12.1 Å². The van der Waals surface area contributed by atoms with E-state index in [1.54, 1.807) is 48.5 Å². The number of carbonyl (C=O) groups is 2. The average molecular weight is 413 g/mol. The van der Waals surface area contributed by atoms with Crippen LogP contribution in [-0.4, -0.2) is 18.1 Å². The lowest BCUT2D eigenvalue weighted by Gasteiger charge is -2.03. The number of halogens is 1. The molecule has 1 amide bonds. The largest absolute Gasteiger partial charge is 0.457 e. The summed E-state index contributed by atoms with van der Waals surface area (Å²) in [6.07, 6.45) is 2.89. The molecular weight excluding hydrogens is 400 g/mol. The van der Waals surface area contributed by atoms with E-state index < -0.39 is 5.97 Å². The van der Waals surface area contributed by atoms with Gasteiger partial charge in [0.2, 0.25) is 5.76 Å². The van der Waals surface area contributed by atoms with Crippen molar-refractivity contribution in [1.82, 2.24) is 5.43 Å². The molecule has 130 valence electrons. The SMILES string of the molecule is O=C(Oc1ccc(/C=N\NC(=O)c2ccccc2Br)cc1)c1ccco1. The zero-order chi connectivity index (χ0) is 18.4. The van der Waals surface area contributed by atoms with Gasteiger partial charge in [-0.05, 0) is 70.0 Å². The number of hydrogen-bond donors (Lipinski definition) is 1. The number of hydrogen-bond acceptors (Lipinski definition) is 5. The van der Waals surface area contributed by atoms with Gasteiger partial charge in [0.25, 0.3) is 5.91 Å². The molecule has 1 N–H and O–H groups in total. The van der Waals surface area contributed by atoms with Crippen LogP contribution in [0, 0.1) is 0 Å². The van der Waals surface area contributed by atoms with Crippen LogP contribution in [0.3, 0.4) is 0 Å². The summed E-state index contributed by atoms with van der Waals surface area (Å²) >= 11 is 3.31. The van der Waals surface area contributed by atoms with Gasteiger partial charge in [-0.15, -0.1) is 0 Å². The number of benzene rings is 2. The van der Waals surface area contributed by atoms with Gasteiger partial charge in [0.05, 0.1) is 18.0 Å². The van der Waals surface area contributed by atoms with E-state index in [0.29, 0.717) is 15.8 Å². The minimum Gasteiger partial charge on any atom is -0.457 e. The molecule has 0 aliphatic heterocycles. The molecule has 0 unspecified atom stereocenters. The fourth-order valence-corrected chi connectivity index (χ4v) is 2.51. The van der Waals surface area contributed by atoms with Crippen molar-refractivity contribution in [2.24, 2.45) is 5.10 Å². The maximum atomic E-state index is 12.0. The summed E-state index contributed by atoms with van der Waals surface area (Å²) in [5.41, 5.74) is 3.68. The van der Waals surface area contributed by atoms with Crippen molar-refractivity contribution >= 4 is 34.0 Å². The summed E-state index contributed by atoms with van der Waals surface area (Å²) in [5, 5.41) is 3.92. The second-order valence-electron chi connectivity index (χ2n) is 5.11. The predicted molar refractivity (Wildman–Crippen MR) is 99.3 cm³/mol. The third-order valence-corrected chi connectivity index (χ3v) is 4.00. The summed E-state index contributed by atoms with van der Waals surface area (Å²) in [7, 11) is 0. The molecule has 2 aromatic carbocycles. The Labute approximate surface area is 157 Å². The zero-order valence-electron chi connectivity index (χ0n) is 13.4. The fourth-order valence-electron chi connectivity index (χ4n) is 2.04. The van der Waals surface area contributed by atoms with Crippen molar-refractivity contribution in [3.63, 3.8) is 0 Å². The molecule has 3 rings (SSSR count). The number of nitrogens with zero attached hydrogens (tertiary/aromatic N) is 1. The van der Waals surface area contributed by atoms with Gasteiger partial charge in [0.15, 0.2) is 0 Å². The van der Waals surface area contributed by atoms with Crippen LogP contribution in [0.4, 0.5) is 0 Å². The molecule has 6 nitrogen and oxygen atoms in total. The Kier molecular flexibility index (Phi) is 5.60. The third-order valence-electron chi connectivity index (χ3n) is 3.31. The summed E-state index contributed by atoms with van der Waals surface area (Å²) in [6.45, 7) is 0. The van der Waals surface area contributed by atoms with Gasteiger partial charge < -0.3 is 9.15 Å². The first-order chi connectivity index (χ1) is 12.6. The minimum atomic E-state index is -0.572. The second-order valence-corrected chi connectivity index (χ2v) is 5.97. The van der Waals surface area contributed by atoms with Crippen LogP contribution < -0.4 is 10.2 Å². The van der Waals surface area contributed by atoms with Gasteiger partial charge in [0.1, 0.15) is 5.75 Å². The fraction of sp³-hybridized carbons (Fsp3) is 0. The molecule has 1 aromatic heterocycles. The van der Waals surface area contributed by atoms with Crippen LogP contribution in [0.15, 0.2) is 80.9 Å². The van der Waals surface area contributed by atoms with Crippen molar-refractivity contribution in [1.29, 1.82) is 0 Å². The van der Waals surface area contributed by atoms with Gasteiger partial charge >= 0.3 is 5.97 Å². The number of furan rings is 1. The van der Waals surface area contributed by atoms with E-state index in [2.05, 4.69) is 26.5 Å². The van der Waals surface area contributed by atoms with Gasteiger partial charge in [0, 0.05) is 4.47 Å². The summed E-state index contributed by atoms with van der Waals surface area (Å²) in [4.78, 5) is 23.8. The monoisotopic (exact) mass is 412 g/mol. The lowest BCUT2D eigenvalue weighted by atomic mass is 10.2. The van der Waals surface area contributed by atoms with Crippen molar-refractivity contribution < 1.29 is 18.7 Å². The summed E-state index contributed by atoms with van der Waals surface area (Å²) < 4.78 is 10.8. The molecule has 0 aliphatic carbocycles. The summed E-state index contributed by atoms with van der Waals surface area (Å²) in [5.74, 6) is -0.388. The normalized spacial score (nSPS) is 10.7. The molecule has 0 bridgehead atoms. The molecule has 0 spiro atoms. The number of rotatable bonds is 5. The van der Waals surface area contributed by atoms with Crippen molar-refractivity contribution in [2.45, 2.75) is 0 Å². The Bertz CT molecular complexity index is 934. The molecular formula is C19H13BrN2O4. The van der Waals surface area contributed by atoms with Gasteiger partial charge in [-0.3, -0.25) is 4.79 Å². The lowest BCUT2D eigenvalue weighted by molar-refractivity contribution is 0.0701. The molecule has 0 saturated heterocycles. The maximum absolute atomic E-state index is 12.0. The first kappa shape index (κ1) is 17.6. The van der Waals surface area contributed by atoms with Gasteiger partial charge in [-0.2, -0.15) is 5.10 Å². The van der Waals surface area contributed by atoms with E-state index in [-0.39, 0.29) is 11.7 Å². The highest BCUT2D eigenvalue weighted by Gasteiger charge is 2.11. The van der Waals surface area contributed by atoms with Crippen LogP contribution >= 0.6 is 15.9 Å². The molecule has 0 aliphatic rings. The van der Waals surface area contributed by atoms with E-state index in [1.165, 1.54) is 18.5 Å². The number of carbonyl (C=O) groups excluding carboxylic acids is 2. The number of ether oxygens (including phenoxy) is 1. The quantitative estimate of drug-likeness (QED) is 0.297. The molecule has 3 aromatic rings. The number of hydrazone groups is 1. The van der Waals surface area contributed by atoms with Crippen LogP contribution in [-0.2, 0) is 0 Å².